The van der Waals surface area contributed by atoms with E-state index in [9.17, 15) is 0 Å². The van der Waals surface area contributed by atoms with E-state index in [0.717, 1.165) is 24.3 Å². The third kappa shape index (κ3) is 4.57. The molecule has 29 heavy (non-hydrogen) atoms. The molecule has 0 fully saturated rings. The molecule has 0 heterocycles. The van der Waals surface area contributed by atoms with Crippen LogP contribution in [0.5, 0.6) is 11.5 Å². The number of hydrogen-bond acceptors (Lipinski definition) is 1. The maximum absolute atomic E-state index is 6.03. The highest BCUT2D eigenvalue weighted by Crippen LogP contribution is 2.28. The van der Waals surface area contributed by atoms with Crippen LogP contribution in [-0.2, 0) is 12.8 Å². The summed E-state index contributed by atoms with van der Waals surface area (Å²) in [7, 11) is 0. The van der Waals surface area contributed by atoms with Crippen LogP contribution in [0.4, 0.5) is 0 Å². The molecule has 144 valence electrons. The second kappa shape index (κ2) is 8.79. The lowest BCUT2D eigenvalue weighted by Crippen LogP contribution is -1.86. The fourth-order valence-electron chi connectivity index (χ4n) is 3.43. The number of hydrogen-bond donors (Lipinski definition) is 0. The molecule has 0 aliphatic carbocycles. The summed E-state index contributed by atoms with van der Waals surface area (Å²) in [5, 5.41) is 0. The molecule has 0 bridgehead atoms. The second-order valence-corrected chi connectivity index (χ2v) is 7.25. The van der Waals surface area contributed by atoms with E-state index >= 15 is 0 Å². The number of rotatable bonds is 6. The van der Waals surface area contributed by atoms with Crippen LogP contribution < -0.4 is 4.74 Å². The van der Waals surface area contributed by atoms with Crippen molar-refractivity contribution in [3.8, 4) is 33.8 Å². The minimum Gasteiger partial charge on any atom is -0.457 e. The maximum Gasteiger partial charge on any atom is 0.127 e. The van der Waals surface area contributed by atoms with Crippen molar-refractivity contribution in [3.05, 3.63) is 108 Å². The molecular formula is C28H26O. The predicted molar refractivity (Wildman–Crippen MR) is 123 cm³/mol. The Balaban J connectivity index is 1.44. The molecule has 0 amide bonds. The minimum atomic E-state index is 0.846. The van der Waals surface area contributed by atoms with Crippen LogP contribution in [0, 0.1) is 0 Å². The van der Waals surface area contributed by atoms with Gasteiger partial charge in [0.15, 0.2) is 0 Å². The largest absolute Gasteiger partial charge is 0.457 e. The number of ether oxygens (including phenoxy) is 1. The Morgan fingerprint density at radius 2 is 0.690 bits per heavy atom. The van der Waals surface area contributed by atoms with Gasteiger partial charge in [-0.3, -0.25) is 0 Å². The van der Waals surface area contributed by atoms with Crippen LogP contribution in [0.1, 0.15) is 25.0 Å². The van der Waals surface area contributed by atoms with Gasteiger partial charge in [-0.1, -0.05) is 86.6 Å². The monoisotopic (exact) mass is 378 g/mol. The first-order chi connectivity index (χ1) is 14.2. The summed E-state index contributed by atoms with van der Waals surface area (Å²) in [4.78, 5) is 0. The summed E-state index contributed by atoms with van der Waals surface area (Å²) in [5.74, 6) is 1.69. The first kappa shape index (κ1) is 19.0. The van der Waals surface area contributed by atoms with Crippen molar-refractivity contribution in [2.45, 2.75) is 26.7 Å². The van der Waals surface area contributed by atoms with Crippen molar-refractivity contribution in [1.29, 1.82) is 0 Å². The molecular weight excluding hydrogens is 352 g/mol. The predicted octanol–water partition coefficient (Wildman–Crippen LogP) is 7.94. The van der Waals surface area contributed by atoms with Crippen LogP contribution in [0.3, 0.4) is 0 Å². The lowest BCUT2D eigenvalue weighted by molar-refractivity contribution is 0.483. The zero-order valence-electron chi connectivity index (χ0n) is 17.1. The van der Waals surface area contributed by atoms with Crippen molar-refractivity contribution >= 4 is 0 Å². The SMILES string of the molecule is CCc1ccc(-c2ccc(Oc3ccc(-c4ccc(CC)cc4)cc3)cc2)cc1. The van der Waals surface area contributed by atoms with Gasteiger partial charge in [0.05, 0.1) is 0 Å². The summed E-state index contributed by atoms with van der Waals surface area (Å²) in [5.41, 5.74) is 7.58. The molecule has 0 N–H and O–H groups in total. The van der Waals surface area contributed by atoms with Gasteiger partial charge in [-0.15, -0.1) is 0 Å². The highest BCUT2D eigenvalue weighted by atomic mass is 16.5. The van der Waals surface area contributed by atoms with E-state index in [1.807, 2.05) is 24.3 Å². The summed E-state index contributed by atoms with van der Waals surface area (Å²) < 4.78 is 6.03. The third-order valence-electron chi connectivity index (χ3n) is 5.34. The molecule has 0 saturated heterocycles. The van der Waals surface area contributed by atoms with E-state index in [-0.39, 0.29) is 0 Å². The molecule has 0 aliphatic heterocycles. The van der Waals surface area contributed by atoms with Gasteiger partial charge < -0.3 is 4.74 Å². The summed E-state index contributed by atoms with van der Waals surface area (Å²) in [6.45, 7) is 4.35. The van der Waals surface area contributed by atoms with Crippen LogP contribution in [-0.4, -0.2) is 0 Å². The molecule has 0 saturated carbocycles. The van der Waals surface area contributed by atoms with Gasteiger partial charge >= 0.3 is 0 Å². The van der Waals surface area contributed by atoms with Crippen LogP contribution >= 0.6 is 0 Å². The van der Waals surface area contributed by atoms with Crippen molar-refractivity contribution in [1.82, 2.24) is 0 Å². The summed E-state index contributed by atoms with van der Waals surface area (Å²) in [6.07, 6.45) is 2.13. The van der Waals surface area contributed by atoms with Gasteiger partial charge in [0.2, 0.25) is 0 Å². The average molecular weight is 379 g/mol. The zero-order chi connectivity index (χ0) is 20.1. The normalized spacial score (nSPS) is 10.7. The summed E-state index contributed by atoms with van der Waals surface area (Å²) >= 11 is 0. The van der Waals surface area contributed by atoms with Crippen molar-refractivity contribution < 1.29 is 4.74 Å². The van der Waals surface area contributed by atoms with E-state index in [1.165, 1.54) is 33.4 Å². The molecule has 0 atom stereocenters. The Morgan fingerprint density at radius 1 is 0.414 bits per heavy atom. The van der Waals surface area contributed by atoms with Gasteiger partial charge in [0.1, 0.15) is 11.5 Å². The molecule has 4 aromatic rings. The van der Waals surface area contributed by atoms with Gasteiger partial charge in [-0.05, 0) is 70.5 Å². The molecule has 4 rings (SSSR count). The van der Waals surface area contributed by atoms with E-state index < -0.39 is 0 Å². The highest BCUT2D eigenvalue weighted by Gasteiger charge is 2.03. The molecule has 0 unspecified atom stereocenters. The average Bonchev–Trinajstić information content (AvgIpc) is 2.80. The Labute approximate surface area is 173 Å². The number of benzene rings is 4. The van der Waals surface area contributed by atoms with Crippen molar-refractivity contribution in [2.75, 3.05) is 0 Å². The third-order valence-corrected chi connectivity index (χ3v) is 5.34. The molecule has 1 heteroatoms. The quantitative estimate of drug-likeness (QED) is 0.331. The van der Waals surface area contributed by atoms with Crippen molar-refractivity contribution in [2.24, 2.45) is 0 Å². The topological polar surface area (TPSA) is 9.23 Å². The Kier molecular flexibility index (Phi) is 5.76. The Bertz CT molecular complexity index is 952. The van der Waals surface area contributed by atoms with Crippen LogP contribution in [0.15, 0.2) is 97.1 Å². The van der Waals surface area contributed by atoms with E-state index in [1.54, 1.807) is 0 Å². The first-order valence-corrected chi connectivity index (χ1v) is 10.3. The van der Waals surface area contributed by atoms with Crippen LogP contribution in [0.25, 0.3) is 22.3 Å². The first-order valence-electron chi connectivity index (χ1n) is 10.3. The van der Waals surface area contributed by atoms with Gasteiger partial charge in [-0.25, -0.2) is 0 Å². The molecule has 1 nitrogen and oxygen atoms in total. The van der Waals surface area contributed by atoms with E-state index in [2.05, 4.69) is 86.6 Å². The minimum absolute atomic E-state index is 0.846. The molecule has 4 aromatic carbocycles. The lowest BCUT2D eigenvalue weighted by Gasteiger charge is -2.09. The van der Waals surface area contributed by atoms with Gasteiger partial charge in [-0.2, -0.15) is 0 Å². The van der Waals surface area contributed by atoms with E-state index in [0.29, 0.717) is 0 Å². The Hall–Kier alpha value is -3.32. The molecule has 0 radical (unpaired) electrons. The zero-order valence-corrected chi connectivity index (χ0v) is 17.1. The fraction of sp³-hybridized carbons (Fsp3) is 0.143. The smallest absolute Gasteiger partial charge is 0.127 e. The Morgan fingerprint density at radius 3 is 0.966 bits per heavy atom. The number of aryl methyl sites for hydroxylation is 2. The maximum atomic E-state index is 6.03. The van der Waals surface area contributed by atoms with Gasteiger partial charge in [0, 0.05) is 0 Å². The standard InChI is InChI=1S/C28H26O/c1-3-21-5-9-23(10-6-21)25-13-17-27(18-14-25)29-28-19-15-26(16-20-28)24-11-7-22(4-2)8-12-24/h5-20H,3-4H2,1-2H3. The fourth-order valence-corrected chi connectivity index (χ4v) is 3.43. The van der Waals surface area contributed by atoms with Gasteiger partial charge in [0.25, 0.3) is 0 Å². The van der Waals surface area contributed by atoms with Crippen molar-refractivity contribution in [3.63, 3.8) is 0 Å². The molecule has 0 aliphatic rings. The molecule has 0 spiro atoms. The summed E-state index contributed by atoms with van der Waals surface area (Å²) in [6, 6.07) is 34.0. The molecule has 0 aromatic heterocycles. The lowest BCUT2D eigenvalue weighted by atomic mass is 10.0. The highest BCUT2D eigenvalue weighted by molar-refractivity contribution is 5.66. The van der Waals surface area contributed by atoms with Crippen LogP contribution in [0.2, 0.25) is 0 Å². The second-order valence-electron chi connectivity index (χ2n) is 7.25. The van der Waals surface area contributed by atoms with E-state index in [4.69, 9.17) is 4.74 Å².